The van der Waals surface area contributed by atoms with Crippen LogP contribution < -0.4 is 16.0 Å². The van der Waals surface area contributed by atoms with Crippen molar-refractivity contribution in [2.24, 2.45) is 19.5 Å². The summed E-state index contributed by atoms with van der Waals surface area (Å²) in [5.74, 6) is 0. The molecule has 1 aromatic rings. The third-order valence-electron chi connectivity index (χ3n) is 3.63. The SMILES string of the molecule is Cn1cc(S(=O)(=O)NCC2(CO)CC2)c(=O)n(C)c1=O. The molecule has 0 atom stereocenters. The van der Waals surface area contributed by atoms with Crippen LogP contribution >= 0.6 is 0 Å². The van der Waals surface area contributed by atoms with Gasteiger partial charge in [-0.05, 0) is 12.8 Å². The van der Waals surface area contributed by atoms with Crippen LogP contribution in [0.3, 0.4) is 0 Å². The van der Waals surface area contributed by atoms with Crippen molar-refractivity contribution in [3.8, 4) is 0 Å². The number of aliphatic hydroxyl groups is 1. The van der Waals surface area contributed by atoms with Crippen molar-refractivity contribution in [2.75, 3.05) is 13.2 Å². The van der Waals surface area contributed by atoms with Crippen molar-refractivity contribution in [1.29, 1.82) is 0 Å². The summed E-state index contributed by atoms with van der Waals surface area (Å²) in [6, 6.07) is 0. The van der Waals surface area contributed by atoms with Crippen LogP contribution in [0.25, 0.3) is 0 Å². The molecule has 2 rings (SSSR count). The fourth-order valence-electron chi connectivity index (χ4n) is 1.85. The Balaban J connectivity index is 2.35. The molecule has 1 aromatic heterocycles. The lowest BCUT2D eigenvalue weighted by molar-refractivity contribution is 0.213. The molecule has 0 aliphatic heterocycles. The Morgan fingerprint density at radius 3 is 2.45 bits per heavy atom. The Morgan fingerprint density at radius 2 is 1.95 bits per heavy atom. The number of nitrogens with zero attached hydrogens (tertiary/aromatic N) is 2. The van der Waals surface area contributed by atoms with Crippen LogP contribution in [0.4, 0.5) is 0 Å². The highest BCUT2D eigenvalue weighted by atomic mass is 32.2. The Bertz CT molecular complexity index is 742. The summed E-state index contributed by atoms with van der Waals surface area (Å²) in [6.07, 6.45) is 2.50. The average Bonchev–Trinajstić information content (AvgIpc) is 3.19. The van der Waals surface area contributed by atoms with Gasteiger partial charge in [0.15, 0.2) is 4.90 Å². The van der Waals surface area contributed by atoms with Gasteiger partial charge in [0.1, 0.15) is 0 Å². The second-order valence-corrected chi connectivity index (χ2v) is 6.97. The number of nitrogens with one attached hydrogen (secondary N) is 1. The largest absolute Gasteiger partial charge is 0.396 e. The number of sulfonamides is 1. The van der Waals surface area contributed by atoms with Crippen molar-refractivity contribution >= 4 is 10.0 Å². The van der Waals surface area contributed by atoms with Gasteiger partial charge in [-0.25, -0.2) is 17.9 Å². The van der Waals surface area contributed by atoms with Crippen molar-refractivity contribution in [3.63, 3.8) is 0 Å². The lowest BCUT2D eigenvalue weighted by Crippen LogP contribution is -2.42. The minimum atomic E-state index is -4.01. The summed E-state index contributed by atoms with van der Waals surface area (Å²) in [5, 5.41) is 9.16. The number of hydrogen-bond acceptors (Lipinski definition) is 5. The van der Waals surface area contributed by atoms with Gasteiger partial charge in [-0.1, -0.05) is 0 Å². The number of aryl methyl sites for hydroxylation is 1. The monoisotopic (exact) mass is 303 g/mol. The van der Waals surface area contributed by atoms with E-state index in [0.717, 1.165) is 28.2 Å². The zero-order chi connectivity index (χ0) is 15.1. The summed E-state index contributed by atoms with van der Waals surface area (Å²) < 4.78 is 28.4. The van der Waals surface area contributed by atoms with Gasteiger partial charge in [0, 0.05) is 38.9 Å². The quantitative estimate of drug-likeness (QED) is 0.662. The molecule has 1 aliphatic carbocycles. The maximum absolute atomic E-state index is 12.1. The molecule has 0 unspecified atom stereocenters. The van der Waals surface area contributed by atoms with Gasteiger partial charge in [0.05, 0.1) is 0 Å². The Labute approximate surface area is 115 Å². The molecule has 9 heteroatoms. The van der Waals surface area contributed by atoms with Crippen LogP contribution in [0.1, 0.15) is 12.8 Å². The number of hydrogen-bond donors (Lipinski definition) is 2. The zero-order valence-corrected chi connectivity index (χ0v) is 12.1. The summed E-state index contributed by atoms with van der Waals surface area (Å²) in [7, 11) is -1.42. The lowest BCUT2D eigenvalue weighted by atomic mass is 10.1. The third kappa shape index (κ3) is 2.56. The molecule has 1 aliphatic rings. The van der Waals surface area contributed by atoms with Crippen molar-refractivity contribution in [3.05, 3.63) is 27.0 Å². The Hall–Kier alpha value is -1.45. The second-order valence-electron chi connectivity index (χ2n) is 5.23. The summed E-state index contributed by atoms with van der Waals surface area (Å²) in [5.41, 5.74) is -1.86. The normalized spacial score (nSPS) is 17.1. The molecule has 0 spiro atoms. The van der Waals surface area contributed by atoms with Gasteiger partial charge >= 0.3 is 5.69 Å². The van der Waals surface area contributed by atoms with Crippen molar-refractivity contribution in [1.82, 2.24) is 13.9 Å². The maximum atomic E-state index is 12.1. The van der Waals surface area contributed by atoms with E-state index in [0.29, 0.717) is 0 Å². The smallest absolute Gasteiger partial charge is 0.330 e. The van der Waals surface area contributed by atoms with Crippen LogP contribution in [0.15, 0.2) is 20.7 Å². The number of aliphatic hydroxyl groups excluding tert-OH is 1. The Morgan fingerprint density at radius 1 is 1.35 bits per heavy atom. The molecule has 2 N–H and O–H groups in total. The van der Waals surface area contributed by atoms with E-state index in [4.69, 9.17) is 5.11 Å². The van der Waals surface area contributed by atoms with E-state index in [-0.39, 0.29) is 13.2 Å². The van der Waals surface area contributed by atoms with Gasteiger partial charge in [-0.2, -0.15) is 0 Å². The molecule has 0 amide bonds. The van der Waals surface area contributed by atoms with E-state index < -0.39 is 31.6 Å². The second kappa shape index (κ2) is 4.83. The first-order valence-corrected chi connectivity index (χ1v) is 7.58. The topological polar surface area (TPSA) is 110 Å². The van der Waals surface area contributed by atoms with Gasteiger partial charge in [-0.15, -0.1) is 0 Å². The van der Waals surface area contributed by atoms with Gasteiger partial charge in [0.2, 0.25) is 10.0 Å². The van der Waals surface area contributed by atoms with E-state index >= 15 is 0 Å². The first-order valence-electron chi connectivity index (χ1n) is 6.10. The van der Waals surface area contributed by atoms with Gasteiger partial charge in [-0.3, -0.25) is 9.36 Å². The molecular weight excluding hydrogens is 286 g/mol. The van der Waals surface area contributed by atoms with E-state index in [1.807, 2.05) is 0 Å². The van der Waals surface area contributed by atoms with Gasteiger partial charge < -0.3 is 9.67 Å². The van der Waals surface area contributed by atoms with E-state index in [2.05, 4.69) is 4.72 Å². The number of aromatic nitrogens is 2. The highest BCUT2D eigenvalue weighted by Gasteiger charge is 2.42. The minimum Gasteiger partial charge on any atom is -0.396 e. The van der Waals surface area contributed by atoms with Crippen molar-refractivity contribution in [2.45, 2.75) is 17.7 Å². The van der Waals surface area contributed by atoms with E-state index in [9.17, 15) is 18.0 Å². The lowest BCUT2D eigenvalue weighted by Gasteiger charge is -2.13. The third-order valence-corrected chi connectivity index (χ3v) is 5.02. The molecule has 0 radical (unpaired) electrons. The van der Waals surface area contributed by atoms with Crippen molar-refractivity contribution < 1.29 is 13.5 Å². The Kier molecular flexibility index (Phi) is 3.61. The molecule has 1 fully saturated rings. The van der Waals surface area contributed by atoms with Crippen LogP contribution in [-0.2, 0) is 24.1 Å². The molecule has 1 saturated carbocycles. The minimum absolute atomic E-state index is 0.0812. The molecule has 1 heterocycles. The molecule has 8 nitrogen and oxygen atoms in total. The molecular formula is C11H17N3O5S. The standard InChI is InChI=1S/C11H17N3O5S/c1-13-5-8(9(16)14(2)10(13)17)20(18,19)12-6-11(7-15)3-4-11/h5,12,15H,3-4,6-7H2,1-2H3. The van der Waals surface area contributed by atoms with Crippen LogP contribution in [0.5, 0.6) is 0 Å². The first kappa shape index (κ1) is 14.9. The summed E-state index contributed by atoms with van der Waals surface area (Å²) in [4.78, 5) is 22.9. The predicted molar refractivity (Wildman–Crippen MR) is 70.9 cm³/mol. The summed E-state index contributed by atoms with van der Waals surface area (Å²) in [6.45, 7) is -0.0152. The average molecular weight is 303 g/mol. The van der Waals surface area contributed by atoms with E-state index in [1.54, 1.807) is 0 Å². The molecule has 112 valence electrons. The molecule has 0 saturated heterocycles. The first-order chi connectivity index (χ1) is 9.22. The zero-order valence-electron chi connectivity index (χ0n) is 11.3. The molecule has 0 bridgehead atoms. The van der Waals surface area contributed by atoms with Crippen LogP contribution in [0.2, 0.25) is 0 Å². The van der Waals surface area contributed by atoms with Crippen LogP contribution in [-0.4, -0.2) is 35.8 Å². The fraction of sp³-hybridized carbons (Fsp3) is 0.636. The molecule has 0 aromatic carbocycles. The van der Waals surface area contributed by atoms with Gasteiger partial charge in [0.25, 0.3) is 5.56 Å². The van der Waals surface area contributed by atoms with E-state index in [1.165, 1.54) is 14.1 Å². The fourth-order valence-corrected chi connectivity index (χ4v) is 3.17. The highest BCUT2D eigenvalue weighted by molar-refractivity contribution is 7.89. The predicted octanol–water partition coefficient (Wildman–Crippen LogP) is -1.87. The summed E-state index contributed by atoms with van der Waals surface area (Å²) >= 11 is 0. The highest BCUT2D eigenvalue weighted by Crippen LogP contribution is 2.44. The maximum Gasteiger partial charge on any atom is 0.330 e. The van der Waals surface area contributed by atoms with Crippen LogP contribution in [0, 0.1) is 5.41 Å². The molecule has 20 heavy (non-hydrogen) atoms. The number of rotatable bonds is 5.